The van der Waals surface area contributed by atoms with Crippen LogP contribution in [0, 0.1) is 0 Å². The fourth-order valence-corrected chi connectivity index (χ4v) is 10.5. The maximum atomic E-state index is 8.82. The van der Waals surface area contributed by atoms with Crippen LogP contribution in [-0.2, 0) is 12.7 Å². The Bertz CT molecular complexity index is 4040. The Balaban J connectivity index is 0.987. The Hall–Kier alpha value is -9.57. The maximum absolute atomic E-state index is 8.82. The Morgan fingerprint density at radius 3 is 1.15 bits per heavy atom. The van der Waals surface area contributed by atoms with E-state index in [0.717, 1.165) is 117 Å². The van der Waals surface area contributed by atoms with Gasteiger partial charge in [-0.3, -0.25) is 15.0 Å². The van der Waals surface area contributed by atoms with Gasteiger partial charge in [0, 0.05) is 40.8 Å². The summed E-state index contributed by atoms with van der Waals surface area (Å²) in [5.74, 6) is 0. The van der Waals surface area contributed by atoms with Crippen LogP contribution in [0.3, 0.4) is 0 Å². The molecule has 3 heteroatoms. The first-order valence-corrected chi connectivity index (χ1v) is 25.4. The SMILES string of the molecule is [2H]C1([2H])CC([2H])([2H])c2cc(-c3ccc(-c4ccccc4-c4cc(-c5ccccc5-c5ccc(-c6ccccn6)cc5)cc(-c5ccccc5-c5ccc(-c6ccccn6)cc5)c4)c(-c4ccc(-c5ccccc5)cc4)c3)ncc21. The summed E-state index contributed by atoms with van der Waals surface area (Å²) in [7, 11) is 0. The molecule has 0 saturated carbocycles. The molecule has 3 aromatic heterocycles. The lowest BCUT2D eigenvalue weighted by Crippen LogP contribution is -1.94. The van der Waals surface area contributed by atoms with E-state index >= 15 is 0 Å². The monoisotopic (exact) mass is 961 g/mol. The highest BCUT2D eigenvalue weighted by atomic mass is 14.7. The molecule has 3 nitrogen and oxygen atoms in total. The molecule has 0 spiro atoms. The van der Waals surface area contributed by atoms with Crippen molar-refractivity contribution in [3.8, 4) is 123 Å². The van der Waals surface area contributed by atoms with Gasteiger partial charge in [0.25, 0.3) is 0 Å². The molecule has 0 aliphatic heterocycles. The average Bonchev–Trinajstić information content (AvgIpc) is 3.76. The Morgan fingerprint density at radius 1 is 0.240 bits per heavy atom. The summed E-state index contributed by atoms with van der Waals surface area (Å²) >= 11 is 0. The first kappa shape index (κ1) is 41.0. The standard InChI is InChI=1S/C72H51N3/c1-2-15-49(16-3-1)50-27-29-53(30-28-50)69-46-57(72-47-56-17-14-18-58(56)48-75-72)39-40-68(69)67-24-9-8-23-66(67)61-44-59(64-21-6-4-19-62(64)51-31-35-54(36-32-51)70-25-10-12-41-73-70)43-60(45-61)65-22-7-5-20-63(65)52-33-37-55(38-34-52)71-26-11-13-42-74-71/h1-13,15-16,19-48H,14,17-18H2/i17D2,18D2. The lowest BCUT2D eigenvalue weighted by atomic mass is 9.84. The van der Waals surface area contributed by atoms with Crippen LogP contribution in [-0.4, -0.2) is 15.0 Å². The van der Waals surface area contributed by atoms with Crippen molar-refractivity contribution in [3.63, 3.8) is 0 Å². The average molecular weight is 962 g/mol. The fraction of sp³-hybridized carbons (Fsp3) is 0.0417. The second-order valence-electron chi connectivity index (χ2n) is 18.9. The van der Waals surface area contributed by atoms with Crippen molar-refractivity contribution in [1.82, 2.24) is 15.0 Å². The van der Waals surface area contributed by atoms with Crippen LogP contribution in [0.2, 0.25) is 0 Å². The number of hydrogen-bond acceptors (Lipinski definition) is 3. The highest BCUT2D eigenvalue weighted by molar-refractivity contribution is 5.97. The summed E-state index contributed by atoms with van der Waals surface area (Å²) in [4.78, 5) is 14.0. The van der Waals surface area contributed by atoms with Crippen molar-refractivity contribution < 1.29 is 5.48 Å². The van der Waals surface area contributed by atoms with Crippen molar-refractivity contribution in [3.05, 3.63) is 285 Å². The quantitative estimate of drug-likeness (QED) is 0.130. The number of rotatable bonds is 11. The maximum Gasteiger partial charge on any atom is 0.0705 e. The van der Waals surface area contributed by atoms with Gasteiger partial charge in [-0.25, -0.2) is 0 Å². The highest BCUT2D eigenvalue weighted by Gasteiger charge is 2.20. The van der Waals surface area contributed by atoms with Crippen molar-refractivity contribution in [2.24, 2.45) is 0 Å². The van der Waals surface area contributed by atoms with Crippen LogP contribution in [0.15, 0.2) is 273 Å². The van der Waals surface area contributed by atoms with Crippen LogP contribution in [0.4, 0.5) is 0 Å². The third-order valence-corrected chi connectivity index (χ3v) is 14.3. The number of pyridine rings is 3. The lowest BCUT2D eigenvalue weighted by Gasteiger charge is -2.19. The van der Waals surface area contributed by atoms with Gasteiger partial charge < -0.3 is 0 Å². The molecule has 13 rings (SSSR count). The number of hydrogen-bond donors (Lipinski definition) is 0. The molecular weight excluding hydrogens is 907 g/mol. The Labute approximate surface area is 444 Å². The van der Waals surface area contributed by atoms with Gasteiger partial charge in [-0.05, 0) is 174 Å². The summed E-state index contributed by atoms with van der Waals surface area (Å²) in [5.41, 5.74) is 23.3. The predicted octanol–water partition coefficient (Wildman–Crippen LogP) is 18.7. The van der Waals surface area contributed by atoms with E-state index in [1.165, 1.54) is 6.20 Å². The molecule has 12 aromatic rings. The second kappa shape index (κ2) is 20.1. The second-order valence-corrected chi connectivity index (χ2v) is 18.9. The van der Waals surface area contributed by atoms with Gasteiger partial charge in [-0.2, -0.15) is 0 Å². The van der Waals surface area contributed by atoms with E-state index in [4.69, 9.17) is 10.5 Å². The number of benzene rings is 9. The zero-order chi connectivity index (χ0) is 53.5. The molecule has 0 saturated heterocycles. The zero-order valence-corrected chi connectivity index (χ0v) is 41.0. The van der Waals surface area contributed by atoms with Crippen LogP contribution < -0.4 is 0 Å². The summed E-state index contributed by atoms with van der Waals surface area (Å²) in [5, 5.41) is 0. The molecule has 0 amide bonds. The first-order chi connectivity index (χ1) is 38.6. The molecule has 0 fully saturated rings. The van der Waals surface area contributed by atoms with E-state index in [9.17, 15) is 0 Å². The Morgan fingerprint density at radius 2 is 0.627 bits per heavy atom. The van der Waals surface area contributed by atoms with Gasteiger partial charge in [-0.1, -0.05) is 200 Å². The van der Waals surface area contributed by atoms with Crippen molar-refractivity contribution in [2.45, 2.75) is 19.2 Å². The molecule has 0 radical (unpaired) electrons. The smallest absolute Gasteiger partial charge is 0.0705 e. The number of aromatic nitrogens is 3. The molecule has 1 aliphatic carbocycles. The molecule has 0 atom stereocenters. The third-order valence-electron chi connectivity index (χ3n) is 14.3. The first-order valence-electron chi connectivity index (χ1n) is 27.4. The zero-order valence-electron chi connectivity index (χ0n) is 45.0. The van der Waals surface area contributed by atoms with E-state index in [-0.39, 0.29) is 6.42 Å². The van der Waals surface area contributed by atoms with Gasteiger partial charge >= 0.3 is 0 Å². The van der Waals surface area contributed by atoms with Gasteiger partial charge in [0.2, 0.25) is 0 Å². The van der Waals surface area contributed by atoms with Crippen molar-refractivity contribution >= 4 is 0 Å². The molecule has 3 heterocycles. The van der Waals surface area contributed by atoms with E-state index in [2.05, 4.69) is 216 Å². The summed E-state index contributed by atoms with van der Waals surface area (Å²) < 4.78 is 34.9. The molecule has 1 aliphatic rings. The summed E-state index contributed by atoms with van der Waals surface area (Å²) in [6.45, 7) is 0. The minimum Gasteiger partial charge on any atom is -0.256 e. The van der Waals surface area contributed by atoms with Crippen molar-refractivity contribution in [2.75, 3.05) is 0 Å². The number of fused-ring (bicyclic) bond motifs is 1. The molecule has 75 heavy (non-hydrogen) atoms. The lowest BCUT2D eigenvalue weighted by molar-refractivity contribution is 0.911. The van der Waals surface area contributed by atoms with E-state index in [1.54, 1.807) is 6.07 Å². The van der Waals surface area contributed by atoms with E-state index in [1.807, 2.05) is 54.9 Å². The Kier molecular flexibility index (Phi) is 11.0. The van der Waals surface area contributed by atoms with Gasteiger partial charge in [-0.15, -0.1) is 0 Å². The highest BCUT2D eigenvalue weighted by Crippen LogP contribution is 2.45. The number of aryl methyl sites for hydroxylation is 2. The summed E-state index contributed by atoms with van der Waals surface area (Å²) in [6, 6.07) is 89.5. The molecule has 0 N–H and O–H groups in total. The molecule has 9 aromatic carbocycles. The molecule has 0 unspecified atom stereocenters. The van der Waals surface area contributed by atoms with Crippen LogP contribution in [0.5, 0.6) is 0 Å². The minimum absolute atomic E-state index is 0.241. The molecular formula is C72H51N3. The van der Waals surface area contributed by atoms with E-state index < -0.39 is 12.7 Å². The topological polar surface area (TPSA) is 38.7 Å². The fourth-order valence-electron chi connectivity index (χ4n) is 10.5. The predicted molar refractivity (Wildman–Crippen MR) is 312 cm³/mol. The largest absolute Gasteiger partial charge is 0.256 e. The van der Waals surface area contributed by atoms with E-state index in [0.29, 0.717) is 16.8 Å². The normalized spacial score (nSPS) is 14.0. The third kappa shape index (κ3) is 9.18. The number of nitrogens with zero attached hydrogens (tertiary/aromatic N) is 3. The van der Waals surface area contributed by atoms with Gasteiger partial charge in [0.15, 0.2) is 0 Å². The van der Waals surface area contributed by atoms with Gasteiger partial charge in [0.1, 0.15) is 0 Å². The minimum atomic E-state index is -1.82. The van der Waals surface area contributed by atoms with Crippen molar-refractivity contribution in [1.29, 1.82) is 0 Å². The van der Waals surface area contributed by atoms with Crippen LogP contribution in [0.25, 0.3) is 123 Å². The van der Waals surface area contributed by atoms with Crippen LogP contribution in [0.1, 0.15) is 23.0 Å². The van der Waals surface area contributed by atoms with Gasteiger partial charge in [0.05, 0.1) is 17.1 Å². The molecule has 0 bridgehead atoms. The summed E-state index contributed by atoms with van der Waals surface area (Å²) in [6.07, 6.45) is 1.32. The van der Waals surface area contributed by atoms with Crippen LogP contribution >= 0.6 is 0 Å². The molecule has 354 valence electrons.